The Morgan fingerprint density at radius 2 is 1.63 bits per heavy atom. The van der Waals surface area contributed by atoms with Gasteiger partial charge in [0, 0.05) is 24.3 Å². The maximum absolute atomic E-state index is 12.8. The summed E-state index contributed by atoms with van der Waals surface area (Å²) in [6, 6.07) is 8.90. The average molecular weight is 391 g/mol. The van der Waals surface area contributed by atoms with Crippen LogP contribution in [0.1, 0.15) is 23.2 Å². The van der Waals surface area contributed by atoms with Crippen LogP contribution in [0.25, 0.3) is 0 Å². The molecule has 0 aliphatic carbocycles. The minimum absolute atomic E-state index is 0.310. The maximum atomic E-state index is 12.8. The number of nitrogens with zero attached hydrogens (tertiary/aromatic N) is 1. The number of hydrogen-bond donors (Lipinski definition) is 1. The molecule has 1 N–H and O–H groups in total. The summed E-state index contributed by atoms with van der Waals surface area (Å²) in [7, 11) is 4.54. The number of amides is 1. The molecular formula is C20H23ClN2O4. The summed E-state index contributed by atoms with van der Waals surface area (Å²) in [6.07, 6.45) is 2.35. The third-order valence-electron chi connectivity index (χ3n) is 4.60. The number of carbonyl (C=O) groups excluding carboxylic acids is 1. The molecule has 0 atom stereocenters. The van der Waals surface area contributed by atoms with Gasteiger partial charge in [0.2, 0.25) is 5.75 Å². The highest BCUT2D eigenvalue weighted by atomic mass is 35.5. The van der Waals surface area contributed by atoms with Crippen molar-refractivity contribution in [3.8, 4) is 17.2 Å². The molecule has 1 heterocycles. The Balaban J connectivity index is 1.88. The molecule has 0 radical (unpaired) electrons. The van der Waals surface area contributed by atoms with Crippen molar-refractivity contribution in [2.45, 2.75) is 12.8 Å². The zero-order valence-electron chi connectivity index (χ0n) is 15.7. The second-order valence-corrected chi connectivity index (χ2v) is 6.63. The second-order valence-electron chi connectivity index (χ2n) is 6.23. The molecule has 0 unspecified atom stereocenters. The molecule has 1 aliphatic heterocycles. The highest BCUT2D eigenvalue weighted by Gasteiger charge is 2.19. The molecule has 1 fully saturated rings. The van der Waals surface area contributed by atoms with Gasteiger partial charge in [-0.25, -0.2) is 0 Å². The van der Waals surface area contributed by atoms with E-state index < -0.39 is 0 Å². The van der Waals surface area contributed by atoms with Gasteiger partial charge in [0.05, 0.1) is 32.0 Å². The number of benzene rings is 2. The van der Waals surface area contributed by atoms with Crippen molar-refractivity contribution in [1.82, 2.24) is 0 Å². The highest BCUT2D eigenvalue weighted by molar-refractivity contribution is 6.34. The Bertz CT molecular complexity index is 810. The fourth-order valence-corrected chi connectivity index (χ4v) is 3.35. The van der Waals surface area contributed by atoms with Crippen LogP contribution >= 0.6 is 11.6 Å². The van der Waals surface area contributed by atoms with E-state index in [2.05, 4.69) is 10.2 Å². The molecule has 7 heteroatoms. The van der Waals surface area contributed by atoms with Crippen LogP contribution in [0.15, 0.2) is 30.3 Å². The number of rotatable bonds is 6. The first kappa shape index (κ1) is 19.2. The molecule has 2 aromatic carbocycles. The molecular weight excluding hydrogens is 368 g/mol. The van der Waals surface area contributed by atoms with Gasteiger partial charge >= 0.3 is 0 Å². The SMILES string of the molecule is COc1cc(C(=O)Nc2cc(N3CCCC3)ccc2Cl)cc(OC)c1OC. The molecule has 0 saturated carbocycles. The fraction of sp³-hybridized carbons (Fsp3) is 0.350. The topological polar surface area (TPSA) is 60.0 Å². The van der Waals surface area contributed by atoms with Gasteiger partial charge in [0.1, 0.15) is 0 Å². The van der Waals surface area contributed by atoms with Crippen LogP contribution in [-0.4, -0.2) is 40.3 Å². The number of carbonyl (C=O) groups is 1. The van der Waals surface area contributed by atoms with Crippen LogP contribution in [0.5, 0.6) is 17.2 Å². The third kappa shape index (κ3) is 4.06. The third-order valence-corrected chi connectivity index (χ3v) is 4.93. The summed E-state index contributed by atoms with van der Waals surface area (Å²) in [5.41, 5.74) is 2.00. The van der Waals surface area contributed by atoms with Crippen LogP contribution in [0.2, 0.25) is 5.02 Å². The lowest BCUT2D eigenvalue weighted by Gasteiger charge is -2.19. The second kappa shape index (κ2) is 8.39. The van der Waals surface area contributed by atoms with E-state index in [-0.39, 0.29) is 5.91 Å². The summed E-state index contributed by atoms with van der Waals surface area (Å²) in [6.45, 7) is 2.03. The summed E-state index contributed by atoms with van der Waals surface area (Å²) < 4.78 is 15.9. The maximum Gasteiger partial charge on any atom is 0.255 e. The van der Waals surface area contributed by atoms with Crippen molar-refractivity contribution >= 4 is 28.9 Å². The van der Waals surface area contributed by atoms with Gasteiger partial charge in [0.25, 0.3) is 5.91 Å². The van der Waals surface area contributed by atoms with Crippen LogP contribution in [0.3, 0.4) is 0 Å². The lowest BCUT2D eigenvalue weighted by atomic mass is 10.1. The van der Waals surface area contributed by atoms with E-state index in [1.807, 2.05) is 12.1 Å². The fourth-order valence-electron chi connectivity index (χ4n) is 3.19. The van der Waals surface area contributed by atoms with Crippen molar-refractivity contribution in [3.05, 3.63) is 40.9 Å². The number of halogens is 1. The summed E-state index contributed by atoms with van der Waals surface area (Å²) >= 11 is 6.30. The van der Waals surface area contributed by atoms with Crippen molar-refractivity contribution < 1.29 is 19.0 Å². The molecule has 1 amide bonds. The van der Waals surface area contributed by atoms with Crippen LogP contribution < -0.4 is 24.4 Å². The molecule has 0 bridgehead atoms. The monoisotopic (exact) mass is 390 g/mol. The Labute approximate surface area is 164 Å². The molecule has 2 aromatic rings. The molecule has 3 rings (SSSR count). The van der Waals surface area contributed by atoms with Gasteiger partial charge < -0.3 is 24.4 Å². The largest absolute Gasteiger partial charge is 0.493 e. The molecule has 1 aliphatic rings. The normalized spacial score (nSPS) is 13.4. The standard InChI is InChI=1S/C20H23ClN2O4/c1-25-17-10-13(11-18(26-2)19(17)27-3)20(24)22-16-12-14(6-7-15(16)21)23-8-4-5-9-23/h6-7,10-12H,4-5,8-9H2,1-3H3,(H,22,24). The van der Waals surface area contributed by atoms with Crippen LogP contribution in [0.4, 0.5) is 11.4 Å². The molecule has 0 aromatic heterocycles. The molecule has 0 spiro atoms. The number of ether oxygens (including phenoxy) is 3. The van der Waals surface area contributed by atoms with Gasteiger partial charge in [-0.3, -0.25) is 4.79 Å². The minimum atomic E-state index is -0.310. The van der Waals surface area contributed by atoms with Gasteiger partial charge in [-0.15, -0.1) is 0 Å². The van der Waals surface area contributed by atoms with Gasteiger partial charge in [-0.1, -0.05) is 11.6 Å². The first-order valence-corrected chi connectivity index (χ1v) is 9.11. The number of nitrogens with one attached hydrogen (secondary N) is 1. The number of hydrogen-bond acceptors (Lipinski definition) is 5. The summed E-state index contributed by atoms with van der Waals surface area (Å²) in [4.78, 5) is 15.1. The van der Waals surface area contributed by atoms with E-state index in [0.717, 1.165) is 18.8 Å². The Hall–Kier alpha value is -2.60. The first-order chi connectivity index (χ1) is 13.1. The first-order valence-electron chi connectivity index (χ1n) is 8.73. The molecule has 6 nitrogen and oxygen atoms in total. The smallest absolute Gasteiger partial charge is 0.255 e. The van der Waals surface area contributed by atoms with Crippen molar-refractivity contribution in [3.63, 3.8) is 0 Å². The summed E-state index contributed by atoms with van der Waals surface area (Å²) in [5, 5.41) is 3.37. The molecule has 1 saturated heterocycles. The van der Waals surface area contributed by atoms with Crippen LogP contribution in [-0.2, 0) is 0 Å². The van der Waals surface area contributed by atoms with Crippen molar-refractivity contribution in [2.24, 2.45) is 0 Å². The van der Waals surface area contributed by atoms with Gasteiger partial charge in [0.15, 0.2) is 11.5 Å². The Morgan fingerprint density at radius 1 is 1.00 bits per heavy atom. The lowest BCUT2D eigenvalue weighted by Crippen LogP contribution is -2.18. The van der Waals surface area contributed by atoms with Crippen molar-refractivity contribution in [2.75, 3.05) is 44.6 Å². The van der Waals surface area contributed by atoms with Gasteiger partial charge in [-0.2, -0.15) is 0 Å². The predicted octanol–water partition coefficient (Wildman–Crippen LogP) is 4.22. The Kier molecular flexibility index (Phi) is 5.96. The van der Waals surface area contributed by atoms with E-state index in [1.54, 1.807) is 18.2 Å². The highest BCUT2D eigenvalue weighted by Crippen LogP contribution is 2.38. The number of methoxy groups -OCH3 is 3. The zero-order valence-corrected chi connectivity index (χ0v) is 16.4. The number of anilines is 2. The summed E-state index contributed by atoms with van der Waals surface area (Å²) in [5.74, 6) is 0.957. The average Bonchev–Trinajstić information content (AvgIpc) is 3.23. The molecule has 27 heavy (non-hydrogen) atoms. The lowest BCUT2D eigenvalue weighted by molar-refractivity contribution is 0.102. The quantitative estimate of drug-likeness (QED) is 0.800. The van der Waals surface area contributed by atoms with Crippen molar-refractivity contribution in [1.29, 1.82) is 0 Å². The Morgan fingerprint density at radius 3 is 2.19 bits per heavy atom. The van der Waals surface area contributed by atoms with E-state index in [9.17, 15) is 4.79 Å². The molecule has 144 valence electrons. The van der Waals surface area contributed by atoms with Crippen LogP contribution in [0, 0.1) is 0 Å². The zero-order chi connectivity index (χ0) is 19.4. The minimum Gasteiger partial charge on any atom is -0.493 e. The van der Waals surface area contributed by atoms with E-state index in [0.29, 0.717) is 33.5 Å². The van der Waals surface area contributed by atoms with E-state index in [1.165, 1.54) is 34.2 Å². The van der Waals surface area contributed by atoms with E-state index >= 15 is 0 Å². The van der Waals surface area contributed by atoms with Gasteiger partial charge in [-0.05, 0) is 43.2 Å². The van der Waals surface area contributed by atoms with E-state index in [4.69, 9.17) is 25.8 Å². The predicted molar refractivity (Wildman–Crippen MR) is 107 cm³/mol.